The molecule has 0 amide bonds. The summed E-state index contributed by atoms with van der Waals surface area (Å²) >= 11 is 0. The number of hydrogen-bond donors (Lipinski definition) is 6. The molecular formula is C45H72N4O7. The lowest BCUT2D eigenvalue weighted by Crippen LogP contribution is -2.60. The van der Waals surface area contributed by atoms with Crippen LogP contribution >= 0.6 is 0 Å². The number of carbonyl (C=O) groups is 3. The third-order valence-corrected chi connectivity index (χ3v) is 14.2. The van der Waals surface area contributed by atoms with Gasteiger partial charge in [0, 0.05) is 43.5 Å². The van der Waals surface area contributed by atoms with E-state index in [2.05, 4.69) is 60.3 Å². The SMILES string of the molecule is CCN[C@H]1C=C2C=CCC[C@H]2C[C@H]1[C@H](CCCO)OC(=O)[C@]12O[C@@]1(CC(CO)=C(C)CCC1CCNC(NCNC)C1)C(=O)C1CCCC(CC(C)C)C1C2=O. The van der Waals surface area contributed by atoms with Crippen LogP contribution in [0.3, 0.4) is 0 Å². The summed E-state index contributed by atoms with van der Waals surface area (Å²) in [6.07, 6.45) is 17.0. The fraction of sp³-hybridized carbons (Fsp3) is 0.800. The highest BCUT2D eigenvalue weighted by Gasteiger charge is 2.87. The number of Topliss-reactive ketones (excluding diaryl/α,β-unsaturated/α-hetero) is 2. The molecule has 0 aromatic heterocycles. The zero-order valence-corrected chi connectivity index (χ0v) is 34.9. The van der Waals surface area contributed by atoms with Crippen molar-refractivity contribution in [2.75, 3.05) is 40.0 Å². The number of hydrogen-bond acceptors (Lipinski definition) is 11. The summed E-state index contributed by atoms with van der Waals surface area (Å²) in [5.74, 6) is -1.21. The molecule has 0 aromatic rings. The van der Waals surface area contributed by atoms with Gasteiger partial charge in [-0.2, -0.15) is 0 Å². The van der Waals surface area contributed by atoms with Crippen LogP contribution in [0.4, 0.5) is 0 Å². The first kappa shape index (κ1) is 43.3. The van der Waals surface area contributed by atoms with Crippen molar-refractivity contribution in [3.8, 4) is 0 Å². The number of aliphatic hydroxyl groups is 2. The molecule has 314 valence electrons. The summed E-state index contributed by atoms with van der Waals surface area (Å²) in [5, 5.41) is 34.6. The Labute approximate surface area is 335 Å². The van der Waals surface area contributed by atoms with E-state index in [1.54, 1.807) is 0 Å². The highest BCUT2D eigenvalue weighted by atomic mass is 16.7. The number of epoxide rings is 1. The van der Waals surface area contributed by atoms with Gasteiger partial charge in [0.25, 0.3) is 5.60 Å². The number of carbonyl (C=O) groups excluding carboxylic acids is 3. The number of fused-ring (bicyclic) bond motifs is 3. The minimum atomic E-state index is -2.03. The average molecular weight is 781 g/mol. The molecule has 11 heteroatoms. The predicted octanol–water partition coefficient (Wildman–Crippen LogP) is 4.87. The Hall–Kier alpha value is -2.25. The molecule has 11 atom stereocenters. The predicted molar refractivity (Wildman–Crippen MR) is 217 cm³/mol. The Morgan fingerprint density at radius 3 is 2.66 bits per heavy atom. The lowest BCUT2D eigenvalue weighted by atomic mass is 9.56. The Morgan fingerprint density at radius 2 is 1.93 bits per heavy atom. The van der Waals surface area contributed by atoms with Gasteiger partial charge in [0.05, 0.1) is 12.8 Å². The van der Waals surface area contributed by atoms with E-state index in [1.807, 2.05) is 14.0 Å². The molecule has 6 N–H and O–H groups in total. The highest BCUT2D eigenvalue weighted by Crippen LogP contribution is 2.63. The van der Waals surface area contributed by atoms with Crippen LogP contribution in [0.15, 0.2) is 34.9 Å². The molecule has 0 bridgehead atoms. The zero-order valence-electron chi connectivity index (χ0n) is 34.9. The van der Waals surface area contributed by atoms with Crippen LogP contribution in [-0.2, 0) is 23.9 Å². The molecule has 0 aromatic carbocycles. The summed E-state index contributed by atoms with van der Waals surface area (Å²) in [5.41, 5.74) is -0.747. The second-order valence-electron chi connectivity index (χ2n) is 18.3. The molecule has 0 radical (unpaired) electrons. The molecule has 2 saturated heterocycles. The molecule has 11 nitrogen and oxygen atoms in total. The maximum absolute atomic E-state index is 15.2. The van der Waals surface area contributed by atoms with E-state index in [0.717, 1.165) is 89.5 Å². The molecule has 5 unspecified atom stereocenters. The van der Waals surface area contributed by atoms with Gasteiger partial charge < -0.3 is 35.6 Å². The van der Waals surface area contributed by atoms with Crippen molar-refractivity contribution in [1.82, 2.24) is 21.3 Å². The molecule has 2 heterocycles. The number of allylic oxidation sites excluding steroid dienone is 4. The van der Waals surface area contributed by atoms with E-state index in [4.69, 9.17) is 9.47 Å². The molecule has 0 spiro atoms. The van der Waals surface area contributed by atoms with Gasteiger partial charge in [0.15, 0.2) is 17.2 Å². The maximum atomic E-state index is 15.2. The number of piperidine rings is 1. The molecule has 4 fully saturated rings. The van der Waals surface area contributed by atoms with E-state index in [-0.39, 0.29) is 55.2 Å². The van der Waals surface area contributed by atoms with Crippen LogP contribution in [0.5, 0.6) is 0 Å². The van der Waals surface area contributed by atoms with Crippen molar-refractivity contribution >= 4 is 17.5 Å². The van der Waals surface area contributed by atoms with Gasteiger partial charge in [-0.3, -0.25) is 14.9 Å². The number of ketones is 2. The average Bonchev–Trinajstić information content (AvgIpc) is 3.90. The smallest absolute Gasteiger partial charge is 0.350 e. The van der Waals surface area contributed by atoms with E-state index in [1.165, 1.54) is 5.57 Å². The molecule has 2 saturated carbocycles. The third kappa shape index (κ3) is 8.85. The quantitative estimate of drug-likeness (QED) is 0.0349. The van der Waals surface area contributed by atoms with Crippen LogP contribution in [0, 0.1) is 41.4 Å². The van der Waals surface area contributed by atoms with Crippen LogP contribution in [0.2, 0.25) is 0 Å². The van der Waals surface area contributed by atoms with Crippen LogP contribution in [-0.4, -0.2) is 97.3 Å². The van der Waals surface area contributed by atoms with Gasteiger partial charge in [-0.05, 0) is 139 Å². The monoisotopic (exact) mass is 781 g/mol. The van der Waals surface area contributed by atoms with Gasteiger partial charge in [-0.15, -0.1) is 0 Å². The summed E-state index contributed by atoms with van der Waals surface area (Å²) in [6, 6.07) is -0.0457. The largest absolute Gasteiger partial charge is 0.459 e. The minimum absolute atomic E-state index is 0.00680. The van der Waals surface area contributed by atoms with Gasteiger partial charge >= 0.3 is 5.97 Å². The second kappa shape index (κ2) is 19.2. The van der Waals surface area contributed by atoms with Crippen LogP contribution in [0.25, 0.3) is 0 Å². The van der Waals surface area contributed by atoms with Crippen molar-refractivity contribution in [3.05, 3.63) is 34.9 Å². The number of ether oxygens (including phenoxy) is 2. The van der Waals surface area contributed by atoms with Gasteiger partial charge in [-0.1, -0.05) is 51.0 Å². The van der Waals surface area contributed by atoms with Gasteiger partial charge in [0.2, 0.25) is 0 Å². The van der Waals surface area contributed by atoms with Crippen LogP contribution < -0.4 is 21.3 Å². The van der Waals surface area contributed by atoms with E-state index < -0.39 is 35.1 Å². The fourth-order valence-corrected chi connectivity index (χ4v) is 11.3. The molecule has 2 aliphatic heterocycles. The third-order valence-electron chi connectivity index (χ3n) is 14.2. The molecule has 56 heavy (non-hydrogen) atoms. The lowest BCUT2D eigenvalue weighted by molar-refractivity contribution is -0.167. The standard InChI is InChI=1S/C45H72N4O7/c1-6-47-37-24-32-12-8-7-11-31(32)23-36(37)38(15-10-20-50)55-43(54)45-42(53)40-33(21-28(2)3)13-9-14-35(40)41(52)44(45,56-45)25-34(26-51)29(4)16-17-30-18-19-48-39(22-30)49-27-46-5/h8,12,24,28,30-31,33,35-40,46-51H,6-7,9-11,13-23,25-27H2,1-5H3/t30?,31-,33?,35?,36+,37-,38-,39?,40?,44-,45-/m0/s1. The summed E-state index contributed by atoms with van der Waals surface area (Å²) in [7, 11) is 1.92. The van der Waals surface area contributed by atoms with Gasteiger partial charge in [0.1, 0.15) is 6.10 Å². The number of likely N-dealkylation sites (N-methyl/N-ethyl adjacent to an activating group) is 1. The summed E-state index contributed by atoms with van der Waals surface area (Å²) in [6.45, 7) is 10.4. The maximum Gasteiger partial charge on any atom is 0.350 e. The molecule has 4 aliphatic carbocycles. The normalized spacial score (nSPS) is 36.2. The van der Waals surface area contributed by atoms with Crippen molar-refractivity contribution in [3.63, 3.8) is 0 Å². The molecular weight excluding hydrogens is 709 g/mol. The van der Waals surface area contributed by atoms with Crippen molar-refractivity contribution < 1.29 is 34.1 Å². The Balaban J connectivity index is 1.30. The highest BCUT2D eigenvalue weighted by molar-refractivity contribution is 6.23. The van der Waals surface area contributed by atoms with Crippen molar-refractivity contribution in [1.29, 1.82) is 0 Å². The number of nitrogens with one attached hydrogen (secondary N) is 4. The summed E-state index contributed by atoms with van der Waals surface area (Å²) in [4.78, 5) is 45.2. The van der Waals surface area contributed by atoms with Crippen molar-refractivity contribution in [2.24, 2.45) is 41.4 Å². The number of aliphatic hydroxyl groups excluding tert-OH is 2. The Kier molecular flexibility index (Phi) is 14.9. The number of esters is 1. The molecule has 6 aliphatic rings. The topological polar surface area (TPSA) is 162 Å². The molecule has 6 rings (SSSR count). The van der Waals surface area contributed by atoms with E-state index in [0.29, 0.717) is 42.6 Å². The first-order valence-corrected chi connectivity index (χ1v) is 22.1. The summed E-state index contributed by atoms with van der Waals surface area (Å²) < 4.78 is 13.1. The Bertz CT molecular complexity index is 1490. The Morgan fingerprint density at radius 1 is 1.11 bits per heavy atom. The van der Waals surface area contributed by atoms with Gasteiger partial charge in [-0.25, -0.2) is 4.79 Å². The minimum Gasteiger partial charge on any atom is -0.459 e. The first-order valence-electron chi connectivity index (χ1n) is 22.1. The number of rotatable bonds is 19. The second-order valence-corrected chi connectivity index (χ2v) is 18.3. The first-order chi connectivity index (χ1) is 27.0. The van der Waals surface area contributed by atoms with Crippen molar-refractivity contribution in [2.45, 2.75) is 147 Å². The van der Waals surface area contributed by atoms with Crippen LogP contribution in [0.1, 0.15) is 118 Å². The van der Waals surface area contributed by atoms with E-state index >= 15 is 14.4 Å². The zero-order chi connectivity index (χ0) is 40.0. The fourth-order valence-electron chi connectivity index (χ4n) is 11.3. The lowest BCUT2D eigenvalue weighted by Gasteiger charge is -2.43. The van der Waals surface area contributed by atoms with E-state index in [9.17, 15) is 10.2 Å².